The van der Waals surface area contributed by atoms with Crippen LogP contribution in [0.2, 0.25) is 0 Å². The van der Waals surface area contributed by atoms with Crippen LogP contribution in [-0.4, -0.2) is 53.3 Å². The predicted octanol–water partition coefficient (Wildman–Crippen LogP) is 2.68. The number of carbonyl (C=O) groups excluding carboxylic acids is 1. The van der Waals surface area contributed by atoms with Crippen LogP contribution in [0.3, 0.4) is 0 Å². The van der Waals surface area contributed by atoms with Gasteiger partial charge in [0.25, 0.3) is 5.91 Å². The third kappa shape index (κ3) is 3.88. The standard InChI is InChI=1S/C20H21N3O4/c1-15-5-6-18(27-15)20-21-7-8-23(20)16-3-2-4-17(13-16)26-14-19(24)22-9-11-25-12-10-22/h2-8,13H,9-12,14H2,1H3. The Morgan fingerprint density at radius 3 is 2.85 bits per heavy atom. The maximum absolute atomic E-state index is 12.2. The average molecular weight is 367 g/mol. The quantitative estimate of drug-likeness (QED) is 0.693. The monoisotopic (exact) mass is 367 g/mol. The van der Waals surface area contributed by atoms with Crippen LogP contribution >= 0.6 is 0 Å². The molecule has 3 aromatic rings. The van der Waals surface area contributed by atoms with E-state index in [0.717, 1.165) is 11.4 Å². The van der Waals surface area contributed by atoms with Crippen LogP contribution in [0.4, 0.5) is 0 Å². The fraction of sp³-hybridized carbons (Fsp3) is 0.300. The van der Waals surface area contributed by atoms with E-state index in [4.69, 9.17) is 13.9 Å². The third-order valence-electron chi connectivity index (χ3n) is 4.42. The molecule has 0 atom stereocenters. The second kappa shape index (κ2) is 7.67. The summed E-state index contributed by atoms with van der Waals surface area (Å²) in [5, 5.41) is 0. The molecule has 1 aromatic carbocycles. The van der Waals surface area contributed by atoms with Crippen LogP contribution in [0.15, 0.2) is 53.2 Å². The molecule has 0 radical (unpaired) electrons. The molecule has 7 heteroatoms. The minimum atomic E-state index is -0.0296. The third-order valence-corrected chi connectivity index (χ3v) is 4.42. The molecule has 27 heavy (non-hydrogen) atoms. The van der Waals surface area contributed by atoms with Gasteiger partial charge in [-0.2, -0.15) is 0 Å². The Balaban J connectivity index is 1.48. The fourth-order valence-electron chi connectivity index (χ4n) is 3.02. The average Bonchev–Trinajstić information content (AvgIpc) is 3.36. The van der Waals surface area contributed by atoms with Gasteiger partial charge in [-0.3, -0.25) is 9.36 Å². The maximum Gasteiger partial charge on any atom is 0.260 e. The van der Waals surface area contributed by atoms with Crippen molar-refractivity contribution >= 4 is 5.91 Å². The van der Waals surface area contributed by atoms with Gasteiger partial charge in [-0.15, -0.1) is 0 Å². The van der Waals surface area contributed by atoms with Crippen molar-refractivity contribution in [2.24, 2.45) is 0 Å². The van der Waals surface area contributed by atoms with Crippen molar-refractivity contribution in [1.82, 2.24) is 14.5 Å². The largest absolute Gasteiger partial charge is 0.484 e. The summed E-state index contributed by atoms with van der Waals surface area (Å²) in [5.41, 5.74) is 0.882. The van der Waals surface area contributed by atoms with Crippen molar-refractivity contribution in [2.45, 2.75) is 6.92 Å². The summed E-state index contributed by atoms with van der Waals surface area (Å²) in [6.07, 6.45) is 3.59. The van der Waals surface area contributed by atoms with Crippen molar-refractivity contribution in [3.05, 3.63) is 54.6 Å². The second-order valence-electron chi connectivity index (χ2n) is 6.31. The Morgan fingerprint density at radius 2 is 2.07 bits per heavy atom. The molecule has 2 aromatic heterocycles. The number of hydrogen-bond donors (Lipinski definition) is 0. The van der Waals surface area contributed by atoms with Crippen molar-refractivity contribution in [1.29, 1.82) is 0 Å². The topological polar surface area (TPSA) is 69.7 Å². The molecule has 1 amide bonds. The molecule has 0 aliphatic carbocycles. The van der Waals surface area contributed by atoms with Gasteiger partial charge in [0, 0.05) is 31.5 Å². The van der Waals surface area contributed by atoms with Gasteiger partial charge in [0.1, 0.15) is 11.5 Å². The van der Waals surface area contributed by atoms with Crippen molar-refractivity contribution in [3.8, 4) is 23.0 Å². The number of furan rings is 1. The Kier molecular flexibility index (Phi) is 4.93. The summed E-state index contributed by atoms with van der Waals surface area (Å²) in [7, 11) is 0. The normalized spacial score (nSPS) is 14.3. The second-order valence-corrected chi connectivity index (χ2v) is 6.31. The zero-order valence-corrected chi connectivity index (χ0v) is 15.1. The molecular formula is C20H21N3O4. The number of imidazole rings is 1. The maximum atomic E-state index is 12.2. The minimum Gasteiger partial charge on any atom is -0.484 e. The van der Waals surface area contributed by atoms with Crippen LogP contribution in [-0.2, 0) is 9.53 Å². The van der Waals surface area contributed by atoms with Gasteiger partial charge in [0.2, 0.25) is 0 Å². The van der Waals surface area contributed by atoms with Crippen LogP contribution in [0.5, 0.6) is 5.75 Å². The van der Waals surface area contributed by atoms with Crippen LogP contribution in [0, 0.1) is 6.92 Å². The number of morpholine rings is 1. The number of aromatic nitrogens is 2. The minimum absolute atomic E-state index is 0.0115. The molecule has 0 saturated carbocycles. The molecule has 3 heterocycles. The van der Waals surface area contributed by atoms with Gasteiger partial charge < -0.3 is 18.8 Å². The van der Waals surface area contributed by atoms with Crippen LogP contribution in [0.25, 0.3) is 17.3 Å². The van der Waals surface area contributed by atoms with E-state index in [2.05, 4.69) is 4.98 Å². The molecule has 0 bridgehead atoms. The number of nitrogens with zero attached hydrogens (tertiary/aromatic N) is 3. The summed E-state index contributed by atoms with van der Waals surface area (Å²) in [6.45, 7) is 4.30. The van der Waals surface area contributed by atoms with Crippen molar-refractivity contribution in [2.75, 3.05) is 32.9 Å². The highest BCUT2D eigenvalue weighted by molar-refractivity contribution is 5.77. The molecule has 0 spiro atoms. The van der Waals surface area contributed by atoms with Gasteiger partial charge in [-0.1, -0.05) is 6.07 Å². The molecule has 1 aliphatic heterocycles. The summed E-state index contributed by atoms with van der Waals surface area (Å²) in [4.78, 5) is 18.4. The Morgan fingerprint density at radius 1 is 1.22 bits per heavy atom. The number of ether oxygens (including phenoxy) is 2. The van der Waals surface area contributed by atoms with E-state index in [1.165, 1.54) is 0 Å². The fourth-order valence-corrected chi connectivity index (χ4v) is 3.02. The van der Waals surface area contributed by atoms with Gasteiger partial charge in [-0.05, 0) is 31.2 Å². The molecular weight excluding hydrogens is 346 g/mol. The molecule has 140 valence electrons. The van der Waals surface area contributed by atoms with Gasteiger partial charge >= 0.3 is 0 Å². The highest BCUT2D eigenvalue weighted by atomic mass is 16.5. The predicted molar refractivity (Wildman–Crippen MR) is 98.9 cm³/mol. The van der Waals surface area contributed by atoms with E-state index in [0.29, 0.717) is 43.6 Å². The van der Waals surface area contributed by atoms with Crippen molar-refractivity contribution in [3.63, 3.8) is 0 Å². The first-order valence-electron chi connectivity index (χ1n) is 8.89. The van der Waals surface area contributed by atoms with E-state index in [1.54, 1.807) is 11.1 Å². The first-order valence-corrected chi connectivity index (χ1v) is 8.89. The van der Waals surface area contributed by atoms with E-state index in [1.807, 2.05) is 54.1 Å². The Hall–Kier alpha value is -3.06. The lowest BCUT2D eigenvalue weighted by Gasteiger charge is -2.26. The van der Waals surface area contributed by atoms with Gasteiger partial charge in [0.05, 0.1) is 18.9 Å². The Bertz CT molecular complexity index is 925. The molecule has 0 N–H and O–H groups in total. The zero-order valence-electron chi connectivity index (χ0n) is 15.1. The molecule has 1 saturated heterocycles. The van der Waals surface area contributed by atoms with Crippen LogP contribution in [0.1, 0.15) is 5.76 Å². The SMILES string of the molecule is Cc1ccc(-c2nccn2-c2cccc(OCC(=O)N3CCOCC3)c2)o1. The van der Waals surface area contributed by atoms with Crippen LogP contribution < -0.4 is 4.74 Å². The number of amides is 1. The lowest BCUT2D eigenvalue weighted by Crippen LogP contribution is -2.42. The molecule has 4 rings (SSSR count). The van der Waals surface area contributed by atoms with Gasteiger partial charge in [0.15, 0.2) is 18.2 Å². The summed E-state index contributed by atoms with van der Waals surface area (Å²) in [6, 6.07) is 11.4. The number of rotatable bonds is 5. The van der Waals surface area contributed by atoms with E-state index < -0.39 is 0 Å². The number of hydrogen-bond acceptors (Lipinski definition) is 5. The molecule has 1 aliphatic rings. The summed E-state index contributed by atoms with van der Waals surface area (Å²) >= 11 is 0. The van der Waals surface area contributed by atoms with E-state index in [-0.39, 0.29) is 12.5 Å². The number of carbonyl (C=O) groups is 1. The lowest BCUT2D eigenvalue weighted by atomic mass is 10.3. The lowest BCUT2D eigenvalue weighted by molar-refractivity contribution is -0.137. The van der Waals surface area contributed by atoms with E-state index >= 15 is 0 Å². The molecule has 1 fully saturated rings. The Labute approximate surface area is 157 Å². The van der Waals surface area contributed by atoms with E-state index in [9.17, 15) is 4.79 Å². The molecule has 7 nitrogen and oxygen atoms in total. The van der Waals surface area contributed by atoms with Gasteiger partial charge in [-0.25, -0.2) is 4.98 Å². The number of benzene rings is 1. The smallest absolute Gasteiger partial charge is 0.260 e. The highest BCUT2D eigenvalue weighted by Crippen LogP contribution is 2.25. The summed E-state index contributed by atoms with van der Waals surface area (Å²) < 4.78 is 18.6. The zero-order chi connectivity index (χ0) is 18.6. The first-order chi connectivity index (χ1) is 13.2. The highest BCUT2D eigenvalue weighted by Gasteiger charge is 2.17. The van der Waals surface area contributed by atoms with Crippen molar-refractivity contribution < 1.29 is 18.7 Å². The number of aryl methyl sites for hydroxylation is 1. The molecule has 0 unspecified atom stereocenters. The first kappa shape index (κ1) is 17.4. The summed E-state index contributed by atoms with van der Waals surface area (Å²) in [5.74, 6) is 2.84.